The topological polar surface area (TPSA) is 16.1 Å². The fraction of sp³-hybridized carbons (Fsp3) is 0.750. The van der Waals surface area contributed by atoms with Gasteiger partial charge in [-0.3, -0.25) is 0 Å². The standard InChI is InChI=1S/C12H19ClN2S/c1-2-15(11-6-4-3-5-7-11)12-14-10(8-13)9-16-12/h9,11H,2-8H2,1H3. The fourth-order valence-corrected chi connectivity index (χ4v) is 3.62. The number of aromatic nitrogens is 1. The molecule has 0 spiro atoms. The number of halogens is 1. The molecule has 16 heavy (non-hydrogen) atoms. The minimum atomic E-state index is 0.527. The van der Waals surface area contributed by atoms with Gasteiger partial charge < -0.3 is 4.90 Å². The maximum atomic E-state index is 5.80. The summed E-state index contributed by atoms with van der Waals surface area (Å²) in [5.74, 6) is 0.527. The molecule has 2 rings (SSSR count). The van der Waals surface area contributed by atoms with Gasteiger partial charge >= 0.3 is 0 Å². The largest absolute Gasteiger partial charge is 0.345 e. The maximum absolute atomic E-state index is 5.80. The SMILES string of the molecule is CCN(c1nc(CCl)cs1)C1CCCCC1. The average Bonchev–Trinajstić information content (AvgIpc) is 2.80. The lowest BCUT2D eigenvalue weighted by Gasteiger charge is -2.33. The van der Waals surface area contributed by atoms with Gasteiger partial charge in [-0.1, -0.05) is 19.3 Å². The molecule has 90 valence electrons. The molecule has 1 aliphatic carbocycles. The zero-order valence-electron chi connectivity index (χ0n) is 9.79. The second kappa shape index (κ2) is 5.87. The van der Waals surface area contributed by atoms with E-state index < -0.39 is 0 Å². The molecule has 0 amide bonds. The summed E-state index contributed by atoms with van der Waals surface area (Å²) in [6.07, 6.45) is 6.79. The maximum Gasteiger partial charge on any atom is 0.185 e. The van der Waals surface area contributed by atoms with Crippen LogP contribution in [0.3, 0.4) is 0 Å². The van der Waals surface area contributed by atoms with E-state index in [4.69, 9.17) is 11.6 Å². The highest BCUT2D eigenvalue weighted by Crippen LogP contribution is 2.29. The summed E-state index contributed by atoms with van der Waals surface area (Å²) >= 11 is 7.53. The van der Waals surface area contributed by atoms with E-state index in [-0.39, 0.29) is 0 Å². The molecule has 0 aliphatic heterocycles. The molecule has 0 atom stereocenters. The number of hydrogen-bond donors (Lipinski definition) is 0. The van der Waals surface area contributed by atoms with E-state index in [1.54, 1.807) is 11.3 Å². The molecule has 1 heterocycles. The van der Waals surface area contributed by atoms with Crippen LogP contribution in [0.5, 0.6) is 0 Å². The Labute approximate surface area is 107 Å². The Kier molecular flexibility index (Phi) is 4.47. The van der Waals surface area contributed by atoms with Crippen LogP contribution < -0.4 is 4.90 Å². The lowest BCUT2D eigenvalue weighted by Crippen LogP contribution is -2.36. The van der Waals surface area contributed by atoms with Crippen molar-refractivity contribution in [2.75, 3.05) is 11.4 Å². The van der Waals surface area contributed by atoms with Crippen LogP contribution in [0.25, 0.3) is 0 Å². The van der Waals surface area contributed by atoms with Crippen molar-refractivity contribution < 1.29 is 0 Å². The highest BCUT2D eigenvalue weighted by molar-refractivity contribution is 7.13. The van der Waals surface area contributed by atoms with E-state index in [1.807, 2.05) is 0 Å². The van der Waals surface area contributed by atoms with Crippen molar-refractivity contribution in [3.63, 3.8) is 0 Å². The predicted octanol–water partition coefficient (Wildman–Crippen LogP) is 4.04. The van der Waals surface area contributed by atoms with E-state index in [0.717, 1.165) is 17.4 Å². The molecule has 0 unspecified atom stereocenters. The van der Waals surface area contributed by atoms with Gasteiger partial charge in [0.1, 0.15) is 0 Å². The summed E-state index contributed by atoms with van der Waals surface area (Å²) in [5, 5.41) is 3.23. The van der Waals surface area contributed by atoms with Crippen LogP contribution in [0.2, 0.25) is 0 Å². The van der Waals surface area contributed by atoms with Gasteiger partial charge in [0.05, 0.1) is 11.6 Å². The number of rotatable bonds is 4. The highest BCUT2D eigenvalue weighted by Gasteiger charge is 2.22. The van der Waals surface area contributed by atoms with Gasteiger partial charge in [0.25, 0.3) is 0 Å². The Morgan fingerprint density at radius 1 is 1.44 bits per heavy atom. The second-order valence-corrected chi connectivity index (χ2v) is 5.44. The summed E-state index contributed by atoms with van der Waals surface area (Å²) in [4.78, 5) is 7.05. The molecule has 1 saturated carbocycles. The van der Waals surface area contributed by atoms with E-state index in [9.17, 15) is 0 Å². The van der Waals surface area contributed by atoms with Gasteiger partial charge in [0.15, 0.2) is 5.13 Å². The molecule has 0 radical (unpaired) electrons. The second-order valence-electron chi connectivity index (χ2n) is 4.33. The van der Waals surface area contributed by atoms with Gasteiger partial charge in [-0.2, -0.15) is 0 Å². The summed E-state index contributed by atoms with van der Waals surface area (Å²) in [6, 6.07) is 0.702. The van der Waals surface area contributed by atoms with Crippen molar-refractivity contribution in [2.24, 2.45) is 0 Å². The summed E-state index contributed by atoms with van der Waals surface area (Å²) < 4.78 is 0. The Bertz CT molecular complexity index is 321. The lowest BCUT2D eigenvalue weighted by molar-refractivity contribution is 0.418. The number of alkyl halides is 1. The van der Waals surface area contributed by atoms with Crippen LogP contribution in [0.4, 0.5) is 5.13 Å². The van der Waals surface area contributed by atoms with Gasteiger partial charge in [-0.25, -0.2) is 4.98 Å². The molecule has 1 aliphatic rings. The Balaban J connectivity index is 2.08. The van der Waals surface area contributed by atoms with Crippen LogP contribution in [-0.2, 0) is 5.88 Å². The highest BCUT2D eigenvalue weighted by atomic mass is 35.5. The first-order valence-electron chi connectivity index (χ1n) is 6.12. The quantitative estimate of drug-likeness (QED) is 0.758. The molecule has 0 bridgehead atoms. The van der Waals surface area contributed by atoms with Gasteiger partial charge in [-0.15, -0.1) is 22.9 Å². The molecule has 1 aromatic rings. The summed E-state index contributed by atoms with van der Waals surface area (Å²) in [7, 11) is 0. The third-order valence-corrected chi connectivity index (χ3v) is 4.48. The molecule has 0 aromatic carbocycles. The minimum Gasteiger partial charge on any atom is -0.345 e. The van der Waals surface area contributed by atoms with Crippen molar-refractivity contribution >= 4 is 28.1 Å². The van der Waals surface area contributed by atoms with Crippen molar-refractivity contribution in [3.05, 3.63) is 11.1 Å². The average molecular weight is 259 g/mol. The molecule has 0 saturated heterocycles. The van der Waals surface area contributed by atoms with Gasteiger partial charge in [-0.05, 0) is 19.8 Å². The number of anilines is 1. The number of thiazole rings is 1. The molecule has 0 N–H and O–H groups in total. The normalized spacial score (nSPS) is 17.6. The van der Waals surface area contributed by atoms with Gasteiger partial charge in [0.2, 0.25) is 0 Å². The summed E-state index contributed by atoms with van der Waals surface area (Å²) in [5.41, 5.74) is 1.01. The van der Waals surface area contributed by atoms with Crippen molar-refractivity contribution in [2.45, 2.75) is 50.9 Å². The van der Waals surface area contributed by atoms with E-state index in [1.165, 1.54) is 32.1 Å². The first-order valence-corrected chi connectivity index (χ1v) is 7.53. The van der Waals surface area contributed by atoms with Crippen LogP contribution in [0, 0.1) is 0 Å². The monoisotopic (exact) mass is 258 g/mol. The van der Waals surface area contributed by atoms with Crippen LogP contribution >= 0.6 is 22.9 Å². The van der Waals surface area contributed by atoms with Crippen LogP contribution in [0.1, 0.15) is 44.7 Å². The minimum absolute atomic E-state index is 0.527. The predicted molar refractivity (Wildman–Crippen MR) is 71.6 cm³/mol. The molecular weight excluding hydrogens is 240 g/mol. The Hall–Kier alpha value is -0.280. The molecule has 1 aromatic heterocycles. The van der Waals surface area contributed by atoms with E-state index in [0.29, 0.717) is 11.9 Å². The zero-order chi connectivity index (χ0) is 11.4. The molecule has 1 fully saturated rings. The third-order valence-electron chi connectivity index (χ3n) is 3.28. The van der Waals surface area contributed by atoms with Crippen LogP contribution in [-0.4, -0.2) is 17.6 Å². The molecule has 4 heteroatoms. The van der Waals surface area contributed by atoms with Crippen molar-refractivity contribution in [1.82, 2.24) is 4.98 Å². The smallest absolute Gasteiger partial charge is 0.185 e. The van der Waals surface area contributed by atoms with Crippen LogP contribution in [0.15, 0.2) is 5.38 Å². The van der Waals surface area contributed by atoms with Gasteiger partial charge in [0, 0.05) is 18.0 Å². The van der Waals surface area contributed by atoms with E-state index in [2.05, 4.69) is 22.2 Å². The van der Waals surface area contributed by atoms with E-state index >= 15 is 0 Å². The molecular formula is C12H19ClN2S. The fourth-order valence-electron chi connectivity index (χ4n) is 2.43. The third kappa shape index (κ3) is 2.69. The summed E-state index contributed by atoms with van der Waals surface area (Å²) in [6.45, 7) is 3.27. The first-order chi connectivity index (χ1) is 7.85. The Morgan fingerprint density at radius 3 is 2.75 bits per heavy atom. The Morgan fingerprint density at radius 2 is 2.19 bits per heavy atom. The van der Waals surface area contributed by atoms with Crippen molar-refractivity contribution in [3.8, 4) is 0 Å². The lowest BCUT2D eigenvalue weighted by atomic mass is 9.94. The first kappa shape index (κ1) is 12.2. The molecule has 2 nitrogen and oxygen atoms in total. The number of hydrogen-bond acceptors (Lipinski definition) is 3. The zero-order valence-corrected chi connectivity index (χ0v) is 11.4. The number of nitrogens with zero attached hydrogens (tertiary/aromatic N) is 2. The van der Waals surface area contributed by atoms with Crippen molar-refractivity contribution in [1.29, 1.82) is 0 Å².